The number of halogens is 6. The van der Waals surface area contributed by atoms with Crippen molar-refractivity contribution in [3.8, 4) is 0 Å². The van der Waals surface area contributed by atoms with Crippen LogP contribution in [0.3, 0.4) is 0 Å². The number of benzene rings is 1. The quantitative estimate of drug-likeness (QED) is 0.831. The first-order valence-corrected chi connectivity index (χ1v) is 4.91. The minimum absolute atomic E-state index is 0.335. The summed E-state index contributed by atoms with van der Waals surface area (Å²) in [6, 6.07) is 1.66. The van der Waals surface area contributed by atoms with Gasteiger partial charge in [0.2, 0.25) is 0 Å². The van der Waals surface area contributed by atoms with Crippen LogP contribution in [0.15, 0.2) is 18.2 Å². The lowest BCUT2D eigenvalue weighted by Gasteiger charge is -2.17. The fourth-order valence-corrected chi connectivity index (χ4v) is 1.48. The van der Waals surface area contributed by atoms with Crippen LogP contribution in [0.5, 0.6) is 0 Å². The number of rotatable bonds is 3. The highest BCUT2D eigenvalue weighted by molar-refractivity contribution is 6.30. The predicted octanol–water partition coefficient (Wildman–Crippen LogP) is 3.83. The molecule has 0 fully saturated rings. The molecule has 0 heterocycles. The smallest absolute Gasteiger partial charge is 0.396 e. The van der Waals surface area contributed by atoms with E-state index < -0.39 is 41.3 Å². The third kappa shape index (κ3) is 3.54. The molecule has 0 atom stereocenters. The van der Waals surface area contributed by atoms with E-state index >= 15 is 0 Å². The van der Waals surface area contributed by atoms with Crippen LogP contribution in [0, 0.1) is 0 Å². The average Bonchev–Trinajstić information content (AvgIpc) is 2.15. The molecular formula is C10H8ClF5O. The van der Waals surface area contributed by atoms with Crippen LogP contribution < -0.4 is 0 Å². The summed E-state index contributed by atoms with van der Waals surface area (Å²) in [4.78, 5) is 0. The molecule has 0 radical (unpaired) electrons. The zero-order chi connectivity index (χ0) is 13.3. The molecule has 0 aromatic heterocycles. The highest BCUT2D eigenvalue weighted by Crippen LogP contribution is 2.38. The SMILES string of the molecule is OCCC(F)(F)c1cc(Cl)cc(C(F)(F)F)c1. The molecule has 0 aliphatic rings. The molecule has 0 spiro atoms. The lowest BCUT2D eigenvalue weighted by atomic mass is 10.0. The van der Waals surface area contributed by atoms with E-state index in [1.165, 1.54) is 0 Å². The van der Waals surface area contributed by atoms with E-state index in [0.717, 1.165) is 6.07 Å². The Labute approximate surface area is 98.8 Å². The van der Waals surface area contributed by atoms with Crippen molar-refractivity contribution in [1.82, 2.24) is 0 Å². The Hall–Kier alpha value is -0.880. The Kier molecular flexibility index (Phi) is 3.99. The topological polar surface area (TPSA) is 20.2 Å². The van der Waals surface area contributed by atoms with Gasteiger partial charge in [-0.05, 0) is 18.2 Å². The third-order valence-corrected chi connectivity index (χ3v) is 2.29. The van der Waals surface area contributed by atoms with Crippen LogP contribution in [-0.2, 0) is 12.1 Å². The molecule has 0 saturated heterocycles. The maximum atomic E-state index is 13.3. The van der Waals surface area contributed by atoms with E-state index in [-0.39, 0.29) is 0 Å². The monoisotopic (exact) mass is 274 g/mol. The second kappa shape index (κ2) is 4.78. The second-order valence-corrected chi connectivity index (χ2v) is 3.84. The molecule has 0 unspecified atom stereocenters. The minimum atomic E-state index is -4.74. The van der Waals surface area contributed by atoms with Crippen molar-refractivity contribution in [3.63, 3.8) is 0 Å². The summed E-state index contributed by atoms with van der Waals surface area (Å²) in [6.45, 7) is -0.832. The van der Waals surface area contributed by atoms with E-state index in [4.69, 9.17) is 16.7 Å². The van der Waals surface area contributed by atoms with Gasteiger partial charge in [-0.1, -0.05) is 11.6 Å². The molecule has 0 aliphatic carbocycles. The van der Waals surface area contributed by atoms with Crippen LogP contribution in [-0.4, -0.2) is 11.7 Å². The van der Waals surface area contributed by atoms with E-state index in [1.807, 2.05) is 0 Å². The van der Waals surface area contributed by atoms with Crippen molar-refractivity contribution >= 4 is 11.6 Å². The molecule has 1 nitrogen and oxygen atoms in total. The van der Waals surface area contributed by atoms with Crippen molar-refractivity contribution in [1.29, 1.82) is 0 Å². The van der Waals surface area contributed by atoms with Gasteiger partial charge < -0.3 is 5.11 Å². The number of hydrogen-bond acceptors (Lipinski definition) is 1. The van der Waals surface area contributed by atoms with E-state index in [0.29, 0.717) is 12.1 Å². The number of aliphatic hydroxyl groups is 1. The fourth-order valence-electron chi connectivity index (χ4n) is 1.25. The van der Waals surface area contributed by atoms with Crippen LogP contribution in [0.4, 0.5) is 22.0 Å². The van der Waals surface area contributed by atoms with Crippen molar-refractivity contribution in [2.45, 2.75) is 18.5 Å². The maximum absolute atomic E-state index is 13.3. The summed E-state index contributed by atoms with van der Waals surface area (Å²) in [7, 11) is 0. The van der Waals surface area contributed by atoms with Gasteiger partial charge in [-0.2, -0.15) is 13.2 Å². The Bertz CT molecular complexity index is 402. The Morgan fingerprint density at radius 1 is 1.00 bits per heavy atom. The maximum Gasteiger partial charge on any atom is 0.416 e. The van der Waals surface area contributed by atoms with Crippen molar-refractivity contribution in [3.05, 3.63) is 34.3 Å². The third-order valence-electron chi connectivity index (χ3n) is 2.07. The molecule has 1 aromatic carbocycles. The van der Waals surface area contributed by atoms with E-state index in [1.54, 1.807) is 0 Å². The van der Waals surface area contributed by atoms with Crippen LogP contribution in [0.1, 0.15) is 17.5 Å². The zero-order valence-electron chi connectivity index (χ0n) is 8.36. The highest BCUT2D eigenvalue weighted by Gasteiger charge is 2.36. The highest BCUT2D eigenvalue weighted by atomic mass is 35.5. The summed E-state index contributed by atoms with van der Waals surface area (Å²) in [5.41, 5.74) is -2.09. The zero-order valence-corrected chi connectivity index (χ0v) is 9.12. The minimum Gasteiger partial charge on any atom is -0.396 e. The first-order valence-electron chi connectivity index (χ1n) is 4.54. The van der Waals surface area contributed by atoms with Gasteiger partial charge in [-0.15, -0.1) is 0 Å². The normalized spacial score (nSPS) is 12.9. The van der Waals surface area contributed by atoms with Crippen LogP contribution >= 0.6 is 11.6 Å². The molecule has 0 amide bonds. The Morgan fingerprint density at radius 3 is 2.00 bits per heavy atom. The lowest BCUT2D eigenvalue weighted by molar-refractivity contribution is -0.137. The first-order chi connectivity index (χ1) is 7.66. The van der Waals surface area contributed by atoms with E-state index in [2.05, 4.69) is 0 Å². The van der Waals surface area contributed by atoms with Gasteiger partial charge in [0, 0.05) is 23.6 Å². The predicted molar refractivity (Wildman–Crippen MR) is 52.1 cm³/mol. The molecule has 0 bridgehead atoms. The molecule has 17 heavy (non-hydrogen) atoms. The number of hydrogen-bond donors (Lipinski definition) is 1. The van der Waals surface area contributed by atoms with Gasteiger partial charge in [-0.3, -0.25) is 0 Å². The molecule has 0 aliphatic heterocycles. The average molecular weight is 275 g/mol. The van der Waals surface area contributed by atoms with Crippen molar-refractivity contribution in [2.75, 3.05) is 6.61 Å². The number of aliphatic hydroxyl groups excluding tert-OH is 1. The van der Waals surface area contributed by atoms with Gasteiger partial charge in [0.15, 0.2) is 0 Å². The summed E-state index contributed by atoms with van der Waals surface area (Å²) in [5.74, 6) is -3.54. The van der Waals surface area contributed by atoms with Gasteiger partial charge in [0.1, 0.15) is 0 Å². The Morgan fingerprint density at radius 2 is 1.53 bits per heavy atom. The van der Waals surface area contributed by atoms with Gasteiger partial charge in [0.25, 0.3) is 5.92 Å². The standard InChI is InChI=1S/C10H8ClF5O/c11-8-4-6(9(12,13)1-2-17)3-7(5-8)10(14,15)16/h3-5,17H,1-2H2. The van der Waals surface area contributed by atoms with Gasteiger partial charge in [-0.25, -0.2) is 8.78 Å². The van der Waals surface area contributed by atoms with Gasteiger partial charge >= 0.3 is 6.18 Å². The summed E-state index contributed by atoms with van der Waals surface area (Å²) in [6.07, 6.45) is -5.69. The first kappa shape index (κ1) is 14.2. The van der Waals surface area contributed by atoms with Crippen LogP contribution in [0.25, 0.3) is 0 Å². The second-order valence-electron chi connectivity index (χ2n) is 3.40. The van der Waals surface area contributed by atoms with Gasteiger partial charge in [0.05, 0.1) is 5.56 Å². The van der Waals surface area contributed by atoms with Crippen molar-refractivity contribution < 1.29 is 27.1 Å². The van der Waals surface area contributed by atoms with E-state index in [9.17, 15) is 22.0 Å². The molecule has 7 heteroatoms. The fraction of sp³-hybridized carbons (Fsp3) is 0.400. The largest absolute Gasteiger partial charge is 0.416 e. The molecule has 0 saturated carbocycles. The molecule has 96 valence electrons. The Balaban J connectivity index is 3.23. The molecule has 1 N–H and O–H groups in total. The molecular weight excluding hydrogens is 267 g/mol. The number of alkyl halides is 5. The summed E-state index contributed by atoms with van der Waals surface area (Å²) >= 11 is 5.37. The lowest BCUT2D eigenvalue weighted by Crippen LogP contribution is -2.17. The summed E-state index contributed by atoms with van der Waals surface area (Å²) in [5, 5.41) is 8.00. The molecule has 1 rings (SSSR count). The van der Waals surface area contributed by atoms with Crippen molar-refractivity contribution in [2.24, 2.45) is 0 Å². The molecule has 1 aromatic rings. The summed E-state index contributed by atoms with van der Waals surface area (Å²) < 4.78 is 63.7. The van der Waals surface area contributed by atoms with Crippen LogP contribution in [0.2, 0.25) is 5.02 Å².